The van der Waals surface area contributed by atoms with Gasteiger partial charge in [0.2, 0.25) is 0 Å². The van der Waals surface area contributed by atoms with E-state index in [1.807, 2.05) is 12.1 Å². The van der Waals surface area contributed by atoms with E-state index < -0.39 is 0 Å². The van der Waals surface area contributed by atoms with Gasteiger partial charge in [0, 0.05) is 27.4 Å². The summed E-state index contributed by atoms with van der Waals surface area (Å²) in [5, 5.41) is 2.22. The first-order valence-electron chi connectivity index (χ1n) is 6.37. The van der Waals surface area contributed by atoms with Crippen LogP contribution in [0.4, 0.5) is 0 Å². The van der Waals surface area contributed by atoms with Crippen LogP contribution < -0.4 is 5.73 Å². The molecule has 1 aliphatic carbocycles. The SMILES string of the molecule is Cc1c2ccoc2c(C2(N)CCC2)c2ccoc12. The maximum absolute atomic E-state index is 6.52. The lowest BCUT2D eigenvalue weighted by Crippen LogP contribution is -2.43. The third-order valence-electron chi connectivity index (χ3n) is 4.32. The molecule has 4 rings (SSSR count). The minimum atomic E-state index is -0.244. The fourth-order valence-corrected chi connectivity index (χ4v) is 3.14. The average Bonchev–Trinajstić information content (AvgIpc) is 2.94. The summed E-state index contributed by atoms with van der Waals surface area (Å²) in [6.45, 7) is 2.07. The summed E-state index contributed by atoms with van der Waals surface area (Å²) in [6.07, 6.45) is 6.70. The van der Waals surface area contributed by atoms with Gasteiger partial charge in [0.05, 0.1) is 12.5 Å². The van der Waals surface area contributed by atoms with Gasteiger partial charge in [-0.3, -0.25) is 0 Å². The lowest BCUT2D eigenvalue weighted by Gasteiger charge is -2.39. The van der Waals surface area contributed by atoms with E-state index in [-0.39, 0.29) is 5.54 Å². The van der Waals surface area contributed by atoms with E-state index in [2.05, 4.69) is 6.92 Å². The van der Waals surface area contributed by atoms with Gasteiger partial charge in [0.1, 0.15) is 11.2 Å². The zero-order valence-corrected chi connectivity index (χ0v) is 10.3. The van der Waals surface area contributed by atoms with Crippen LogP contribution in [0.5, 0.6) is 0 Å². The Hall–Kier alpha value is -1.74. The van der Waals surface area contributed by atoms with Gasteiger partial charge < -0.3 is 14.6 Å². The van der Waals surface area contributed by atoms with Gasteiger partial charge >= 0.3 is 0 Å². The zero-order valence-electron chi connectivity index (χ0n) is 10.3. The molecule has 0 spiro atoms. The highest BCUT2D eigenvalue weighted by molar-refractivity contribution is 6.02. The van der Waals surface area contributed by atoms with Crippen molar-refractivity contribution in [1.29, 1.82) is 0 Å². The highest BCUT2D eigenvalue weighted by Gasteiger charge is 2.39. The lowest BCUT2D eigenvalue weighted by atomic mass is 9.71. The summed E-state index contributed by atoms with van der Waals surface area (Å²) in [4.78, 5) is 0. The number of hydrogen-bond acceptors (Lipinski definition) is 3. The first-order valence-corrected chi connectivity index (χ1v) is 6.37. The van der Waals surface area contributed by atoms with Crippen molar-refractivity contribution in [2.45, 2.75) is 31.7 Å². The minimum absolute atomic E-state index is 0.244. The Kier molecular flexibility index (Phi) is 1.80. The van der Waals surface area contributed by atoms with Crippen LogP contribution >= 0.6 is 0 Å². The summed E-state index contributed by atoms with van der Waals surface area (Å²) >= 11 is 0. The Morgan fingerprint density at radius 2 is 1.72 bits per heavy atom. The molecule has 1 fully saturated rings. The molecule has 0 radical (unpaired) electrons. The van der Waals surface area contributed by atoms with Crippen molar-refractivity contribution in [1.82, 2.24) is 0 Å². The molecule has 92 valence electrons. The van der Waals surface area contributed by atoms with E-state index in [4.69, 9.17) is 14.6 Å². The Labute approximate surface area is 105 Å². The molecule has 3 heteroatoms. The molecular formula is C15H15NO2. The van der Waals surface area contributed by atoms with E-state index in [9.17, 15) is 0 Å². The van der Waals surface area contributed by atoms with E-state index in [0.29, 0.717) is 0 Å². The molecule has 0 unspecified atom stereocenters. The van der Waals surface area contributed by atoms with Crippen LogP contribution in [0.3, 0.4) is 0 Å². The van der Waals surface area contributed by atoms with Crippen molar-refractivity contribution in [3.8, 4) is 0 Å². The van der Waals surface area contributed by atoms with Gasteiger partial charge in [-0.1, -0.05) is 0 Å². The van der Waals surface area contributed by atoms with Crippen LogP contribution in [0, 0.1) is 6.92 Å². The second-order valence-electron chi connectivity index (χ2n) is 5.34. The molecule has 2 heterocycles. The topological polar surface area (TPSA) is 52.3 Å². The van der Waals surface area contributed by atoms with Crippen molar-refractivity contribution in [2.24, 2.45) is 5.73 Å². The van der Waals surface area contributed by atoms with Crippen LogP contribution in [0.25, 0.3) is 21.9 Å². The third kappa shape index (κ3) is 1.08. The highest BCUT2D eigenvalue weighted by atomic mass is 16.3. The van der Waals surface area contributed by atoms with Gasteiger partial charge in [0.25, 0.3) is 0 Å². The second-order valence-corrected chi connectivity index (χ2v) is 5.34. The van der Waals surface area contributed by atoms with E-state index in [1.54, 1.807) is 12.5 Å². The fraction of sp³-hybridized carbons (Fsp3) is 0.333. The summed E-state index contributed by atoms with van der Waals surface area (Å²) < 4.78 is 11.3. The first kappa shape index (κ1) is 10.2. The Balaban J connectivity index is 2.22. The highest BCUT2D eigenvalue weighted by Crippen LogP contribution is 2.46. The number of fused-ring (bicyclic) bond motifs is 2. The van der Waals surface area contributed by atoms with Crippen molar-refractivity contribution < 1.29 is 8.83 Å². The molecule has 1 saturated carbocycles. The fourth-order valence-electron chi connectivity index (χ4n) is 3.14. The van der Waals surface area contributed by atoms with Crippen molar-refractivity contribution in [2.75, 3.05) is 0 Å². The molecule has 0 aliphatic heterocycles. The van der Waals surface area contributed by atoms with Crippen molar-refractivity contribution in [3.63, 3.8) is 0 Å². The second kappa shape index (κ2) is 3.18. The quantitative estimate of drug-likeness (QED) is 0.704. The number of hydrogen-bond donors (Lipinski definition) is 1. The smallest absolute Gasteiger partial charge is 0.140 e. The molecule has 18 heavy (non-hydrogen) atoms. The Morgan fingerprint density at radius 3 is 2.39 bits per heavy atom. The predicted octanol–water partition coefficient (Wildman–Crippen LogP) is 3.83. The number of aryl methyl sites for hydroxylation is 1. The van der Waals surface area contributed by atoms with Crippen molar-refractivity contribution in [3.05, 3.63) is 35.8 Å². The van der Waals surface area contributed by atoms with Gasteiger partial charge in [0.15, 0.2) is 0 Å². The largest absolute Gasteiger partial charge is 0.464 e. The molecule has 3 nitrogen and oxygen atoms in total. The number of nitrogens with two attached hydrogens (primary N) is 1. The number of benzene rings is 1. The normalized spacial score (nSPS) is 18.3. The van der Waals surface area contributed by atoms with Crippen LogP contribution in [0.1, 0.15) is 30.4 Å². The number of rotatable bonds is 1. The molecule has 0 saturated heterocycles. The summed E-state index contributed by atoms with van der Waals surface area (Å²) in [6, 6.07) is 4.00. The van der Waals surface area contributed by atoms with E-state index in [0.717, 1.165) is 45.9 Å². The third-order valence-corrected chi connectivity index (χ3v) is 4.32. The average molecular weight is 241 g/mol. The standard InChI is InChI=1S/C15H15NO2/c1-9-10-3-7-18-14(10)12(15(16)5-2-6-15)11-4-8-17-13(9)11/h3-4,7-8H,2,5-6,16H2,1H3. The minimum Gasteiger partial charge on any atom is -0.464 e. The molecule has 2 aromatic heterocycles. The van der Waals surface area contributed by atoms with Crippen LogP contribution in [-0.4, -0.2) is 0 Å². The van der Waals surface area contributed by atoms with Crippen LogP contribution in [-0.2, 0) is 5.54 Å². The molecule has 3 aromatic rings. The monoisotopic (exact) mass is 241 g/mol. The Bertz CT molecular complexity index is 695. The molecule has 1 aromatic carbocycles. The van der Waals surface area contributed by atoms with Crippen molar-refractivity contribution >= 4 is 21.9 Å². The molecule has 2 N–H and O–H groups in total. The maximum Gasteiger partial charge on any atom is 0.140 e. The van der Waals surface area contributed by atoms with E-state index in [1.165, 1.54) is 6.42 Å². The van der Waals surface area contributed by atoms with E-state index >= 15 is 0 Å². The lowest BCUT2D eigenvalue weighted by molar-refractivity contribution is 0.256. The summed E-state index contributed by atoms with van der Waals surface area (Å²) in [5.41, 5.74) is 10.4. The number of furan rings is 2. The zero-order chi connectivity index (χ0) is 12.3. The summed E-state index contributed by atoms with van der Waals surface area (Å²) in [5.74, 6) is 0. The molecule has 0 amide bonds. The first-order chi connectivity index (χ1) is 8.71. The van der Waals surface area contributed by atoms with Crippen LogP contribution in [0.15, 0.2) is 33.5 Å². The molecule has 0 bridgehead atoms. The maximum atomic E-state index is 6.52. The molecular weight excluding hydrogens is 226 g/mol. The van der Waals surface area contributed by atoms with Gasteiger partial charge in [-0.25, -0.2) is 0 Å². The van der Waals surface area contributed by atoms with Crippen LogP contribution in [0.2, 0.25) is 0 Å². The Morgan fingerprint density at radius 1 is 1.06 bits per heavy atom. The molecule has 0 atom stereocenters. The van der Waals surface area contributed by atoms with Gasteiger partial charge in [-0.2, -0.15) is 0 Å². The van der Waals surface area contributed by atoms with Gasteiger partial charge in [-0.15, -0.1) is 0 Å². The predicted molar refractivity (Wildman–Crippen MR) is 70.4 cm³/mol. The van der Waals surface area contributed by atoms with Gasteiger partial charge in [-0.05, 0) is 38.3 Å². The summed E-state index contributed by atoms with van der Waals surface area (Å²) in [7, 11) is 0. The molecule has 1 aliphatic rings.